The second kappa shape index (κ2) is 5.39. The van der Waals surface area contributed by atoms with E-state index in [0.717, 1.165) is 0 Å². The van der Waals surface area contributed by atoms with E-state index in [9.17, 15) is 22.8 Å². The SMILES string of the molecule is O=C(CN1CSCC1=O)NOCC(F)(F)F. The van der Waals surface area contributed by atoms with Crippen LogP contribution in [-0.4, -0.2) is 47.7 Å². The van der Waals surface area contributed by atoms with E-state index >= 15 is 0 Å². The van der Waals surface area contributed by atoms with Crippen LogP contribution in [-0.2, 0) is 14.4 Å². The lowest BCUT2D eigenvalue weighted by molar-refractivity contribution is -0.192. The molecular formula is C7H9F3N2O3S. The average Bonchev–Trinajstić information content (AvgIpc) is 2.49. The number of halogens is 3. The summed E-state index contributed by atoms with van der Waals surface area (Å²) in [5.74, 6) is -0.335. The monoisotopic (exact) mass is 258 g/mol. The second-order valence-electron chi connectivity index (χ2n) is 3.00. The lowest BCUT2D eigenvalue weighted by Crippen LogP contribution is -2.39. The van der Waals surface area contributed by atoms with Crippen LogP contribution in [0.25, 0.3) is 0 Å². The van der Waals surface area contributed by atoms with Gasteiger partial charge < -0.3 is 4.90 Å². The van der Waals surface area contributed by atoms with Gasteiger partial charge in [0.25, 0.3) is 5.91 Å². The maximum Gasteiger partial charge on any atom is 0.414 e. The predicted molar refractivity (Wildman–Crippen MR) is 49.2 cm³/mol. The van der Waals surface area contributed by atoms with Crippen LogP contribution >= 0.6 is 11.8 Å². The Morgan fingerprint density at radius 2 is 2.25 bits per heavy atom. The third kappa shape index (κ3) is 4.71. The fourth-order valence-electron chi connectivity index (χ4n) is 0.944. The zero-order valence-corrected chi connectivity index (χ0v) is 8.86. The summed E-state index contributed by atoms with van der Waals surface area (Å²) in [6.07, 6.45) is -4.49. The van der Waals surface area contributed by atoms with Gasteiger partial charge in [-0.1, -0.05) is 0 Å². The highest BCUT2D eigenvalue weighted by Gasteiger charge is 2.29. The van der Waals surface area contributed by atoms with Crippen LogP contribution in [0.2, 0.25) is 0 Å². The molecule has 1 fully saturated rings. The Balaban J connectivity index is 2.18. The van der Waals surface area contributed by atoms with Gasteiger partial charge in [0.2, 0.25) is 5.91 Å². The first-order valence-electron chi connectivity index (χ1n) is 4.21. The molecule has 9 heteroatoms. The van der Waals surface area contributed by atoms with Crippen molar-refractivity contribution < 1.29 is 27.6 Å². The Kier molecular flexibility index (Phi) is 4.42. The molecule has 0 aromatic rings. The maximum atomic E-state index is 11.6. The van der Waals surface area contributed by atoms with Crippen LogP contribution in [0.3, 0.4) is 0 Å². The third-order valence-corrected chi connectivity index (χ3v) is 2.53. The minimum atomic E-state index is -4.49. The minimum Gasteiger partial charge on any atom is -0.323 e. The summed E-state index contributed by atoms with van der Waals surface area (Å²) in [4.78, 5) is 27.2. The topological polar surface area (TPSA) is 58.6 Å². The van der Waals surface area contributed by atoms with E-state index in [1.165, 1.54) is 16.7 Å². The summed E-state index contributed by atoms with van der Waals surface area (Å²) in [6.45, 7) is -1.84. The van der Waals surface area contributed by atoms with E-state index < -0.39 is 18.7 Å². The number of alkyl halides is 3. The van der Waals surface area contributed by atoms with E-state index in [-0.39, 0.29) is 18.2 Å². The van der Waals surface area contributed by atoms with Crippen LogP contribution in [0, 0.1) is 0 Å². The molecule has 2 amide bonds. The first kappa shape index (κ1) is 13.1. The standard InChI is InChI=1S/C7H9F3N2O3S/c8-7(9,10)3-15-11-5(13)1-12-4-16-2-6(12)14/h1-4H2,(H,11,13). The number of rotatable bonds is 4. The highest BCUT2D eigenvalue weighted by atomic mass is 32.2. The van der Waals surface area contributed by atoms with Gasteiger partial charge in [0.1, 0.15) is 6.54 Å². The fourth-order valence-corrected chi connectivity index (χ4v) is 1.85. The smallest absolute Gasteiger partial charge is 0.323 e. The maximum absolute atomic E-state index is 11.6. The van der Waals surface area contributed by atoms with Gasteiger partial charge in [0.15, 0.2) is 6.61 Å². The van der Waals surface area contributed by atoms with Crippen molar-refractivity contribution in [3.8, 4) is 0 Å². The van der Waals surface area contributed by atoms with E-state index in [2.05, 4.69) is 4.84 Å². The van der Waals surface area contributed by atoms with Crippen molar-refractivity contribution in [3.63, 3.8) is 0 Å². The van der Waals surface area contributed by atoms with Crippen molar-refractivity contribution in [3.05, 3.63) is 0 Å². The first-order valence-corrected chi connectivity index (χ1v) is 5.37. The molecule has 0 aliphatic carbocycles. The van der Waals surface area contributed by atoms with Crippen molar-refractivity contribution in [2.45, 2.75) is 6.18 Å². The Morgan fingerprint density at radius 1 is 1.56 bits per heavy atom. The summed E-state index contributed by atoms with van der Waals surface area (Å²) in [6, 6.07) is 0. The van der Waals surface area contributed by atoms with Gasteiger partial charge in [0.05, 0.1) is 11.6 Å². The molecule has 1 aliphatic rings. The highest BCUT2D eigenvalue weighted by molar-refractivity contribution is 8.00. The van der Waals surface area contributed by atoms with E-state index in [1.54, 1.807) is 5.48 Å². The van der Waals surface area contributed by atoms with Crippen molar-refractivity contribution in [1.29, 1.82) is 0 Å². The molecule has 5 nitrogen and oxygen atoms in total. The number of carbonyl (C=O) groups excluding carboxylic acids is 2. The number of thioether (sulfide) groups is 1. The molecule has 1 heterocycles. The number of nitrogens with one attached hydrogen (secondary N) is 1. The fraction of sp³-hybridized carbons (Fsp3) is 0.714. The number of hydrogen-bond acceptors (Lipinski definition) is 4. The number of amides is 2. The number of nitrogens with zero attached hydrogens (tertiary/aromatic N) is 1. The summed E-state index contributed by atoms with van der Waals surface area (Å²) in [5.41, 5.74) is 1.62. The lowest BCUT2D eigenvalue weighted by Gasteiger charge is -2.14. The highest BCUT2D eigenvalue weighted by Crippen LogP contribution is 2.15. The molecule has 92 valence electrons. The van der Waals surface area contributed by atoms with Gasteiger partial charge in [0, 0.05) is 0 Å². The van der Waals surface area contributed by atoms with E-state index in [4.69, 9.17) is 0 Å². The van der Waals surface area contributed by atoms with E-state index in [0.29, 0.717) is 5.88 Å². The van der Waals surface area contributed by atoms with Gasteiger partial charge >= 0.3 is 6.18 Å². The largest absolute Gasteiger partial charge is 0.414 e. The van der Waals surface area contributed by atoms with Gasteiger partial charge in [-0.3, -0.25) is 14.4 Å². The summed E-state index contributed by atoms with van der Waals surface area (Å²) >= 11 is 1.34. The Labute approximate surface area is 93.2 Å². The quantitative estimate of drug-likeness (QED) is 0.728. The zero-order chi connectivity index (χ0) is 12.2. The molecule has 1 rings (SSSR count). The summed E-state index contributed by atoms with van der Waals surface area (Å²) in [7, 11) is 0. The van der Waals surface area contributed by atoms with Crippen LogP contribution in [0.4, 0.5) is 13.2 Å². The van der Waals surface area contributed by atoms with Crippen LogP contribution in [0.15, 0.2) is 0 Å². The van der Waals surface area contributed by atoms with Crippen molar-refractivity contribution in [1.82, 2.24) is 10.4 Å². The normalized spacial score (nSPS) is 16.7. The minimum absolute atomic E-state index is 0.212. The zero-order valence-electron chi connectivity index (χ0n) is 8.04. The first-order chi connectivity index (χ1) is 7.38. The molecule has 1 aliphatic heterocycles. The molecule has 16 heavy (non-hydrogen) atoms. The number of hydroxylamine groups is 1. The van der Waals surface area contributed by atoms with Crippen molar-refractivity contribution >= 4 is 23.6 Å². The van der Waals surface area contributed by atoms with E-state index in [1.807, 2.05) is 0 Å². The summed E-state index contributed by atoms with van der Waals surface area (Å²) in [5, 5.41) is 0. The number of carbonyl (C=O) groups is 2. The van der Waals surface area contributed by atoms with Crippen molar-refractivity contribution in [2.75, 3.05) is 24.8 Å². The van der Waals surface area contributed by atoms with Gasteiger partial charge in [-0.05, 0) is 0 Å². The molecule has 0 unspecified atom stereocenters. The molecule has 0 atom stereocenters. The molecular weight excluding hydrogens is 249 g/mol. The van der Waals surface area contributed by atoms with Crippen LogP contribution < -0.4 is 5.48 Å². The lowest BCUT2D eigenvalue weighted by atomic mass is 10.5. The molecule has 1 saturated heterocycles. The van der Waals surface area contributed by atoms with Crippen LogP contribution in [0.1, 0.15) is 0 Å². The average molecular weight is 258 g/mol. The molecule has 1 N–H and O–H groups in total. The molecule has 0 aromatic heterocycles. The molecule has 0 saturated carbocycles. The Morgan fingerprint density at radius 3 is 2.75 bits per heavy atom. The molecule has 0 radical (unpaired) electrons. The Bertz CT molecular complexity index is 285. The molecule has 0 bridgehead atoms. The van der Waals surface area contributed by atoms with Crippen LogP contribution in [0.5, 0.6) is 0 Å². The summed E-state index contributed by atoms with van der Waals surface area (Å²) < 4.78 is 34.9. The van der Waals surface area contributed by atoms with Gasteiger partial charge in [-0.15, -0.1) is 11.8 Å². The Hall–Kier alpha value is -0.960. The number of hydrogen-bond donors (Lipinski definition) is 1. The van der Waals surface area contributed by atoms with Gasteiger partial charge in [-0.2, -0.15) is 13.2 Å². The molecule has 0 spiro atoms. The van der Waals surface area contributed by atoms with Crippen molar-refractivity contribution in [2.24, 2.45) is 0 Å². The molecule has 0 aromatic carbocycles. The third-order valence-electron chi connectivity index (χ3n) is 1.58. The van der Waals surface area contributed by atoms with Gasteiger partial charge in [-0.25, -0.2) is 5.48 Å². The second-order valence-corrected chi connectivity index (χ2v) is 3.95. The predicted octanol–water partition coefficient (Wildman–Crippen LogP) is 0.129.